The molecule has 6 rings (SSSR count). The Morgan fingerprint density at radius 2 is 1.68 bits per heavy atom. The van der Waals surface area contributed by atoms with Crippen molar-refractivity contribution in [1.82, 2.24) is 9.97 Å². The summed E-state index contributed by atoms with van der Waals surface area (Å²) in [5, 5.41) is 4.10. The molecule has 4 heteroatoms. The fraction of sp³-hybridized carbons (Fsp3) is 0.200. The van der Waals surface area contributed by atoms with Gasteiger partial charge in [0.2, 0.25) is 0 Å². The van der Waals surface area contributed by atoms with Gasteiger partial charge in [-0.05, 0) is 62.3 Å². The molecule has 0 spiro atoms. The second kappa shape index (κ2) is 7.46. The molecular weight excluding hydrogens is 448 g/mol. The van der Waals surface area contributed by atoms with E-state index in [1.165, 1.54) is 37.5 Å². The van der Waals surface area contributed by atoms with Gasteiger partial charge in [-0.3, -0.25) is 0 Å². The first-order valence-corrected chi connectivity index (χ1v) is 15.7. The summed E-state index contributed by atoms with van der Waals surface area (Å²) in [6, 6.07) is 22.5. The van der Waals surface area contributed by atoms with Crippen molar-refractivity contribution in [3.63, 3.8) is 0 Å². The Hall–Kier alpha value is -3.08. The molecule has 0 amide bonds. The highest BCUT2D eigenvalue weighted by molar-refractivity contribution is 7.22. The minimum atomic E-state index is -1.41. The number of nitrogens with zero attached hydrogens (tertiary/aromatic N) is 2. The van der Waals surface area contributed by atoms with E-state index in [0.29, 0.717) is 0 Å². The Labute approximate surface area is 206 Å². The van der Waals surface area contributed by atoms with Gasteiger partial charge in [0.15, 0.2) is 0 Å². The number of hydrogen-bond donors (Lipinski definition) is 0. The van der Waals surface area contributed by atoms with Crippen LogP contribution >= 0.6 is 11.3 Å². The molecule has 0 unspecified atom stereocenters. The predicted octanol–water partition coefficient (Wildman–Crippen LogP) is 7.96. The Balaban J connectivity index is 1.52. The van der Waals surface area contributed by atoms with Crippen molar-refractivity contribution in [3.05, 3.63) is 83.8 Å². The number of benzene rings is 3. The average Bonchev–Trinajstić information content (AvgIpc) is 3.38. The molecule has 0 aliphatic carbocycles. The minimum absolute atomic E-state index is 0.0391. The molecule has 0 atom stereocenters. The number of rotatable bonds is 2. The third-order valence-corrected chi connectivity index (χ3v) is 11.0. The average molecular weight is 477 g/mol. The van der Waals surface area contributed by atoms with Gasteiger partial charge in [0, 0.05) is 10.4 Å². The van der Waals surface area contributed by atoms with Crippen LogP contribution in [0.2, 0.25) is 13.1 Å². The van der Waals surface area contributed by atoms with Crippen LogP contribution in [-0.2, 0) is 5.41 Å². The van der Waals surface area contributed by atoms with Crippen LogP contribution in [0.4, 0.5) is 0 Å². The summed E-state index contributed by atoms with van der Waals surface area (Å²) in [6.45, 7) is 11.7. The highest BCUT2D eigenvalue weighted by atomic mass is 32.1. The van der Waals surface area contributed by atoms with Gasteiger partial charge in [-0.15, -0.1) is 11.3 Å². The van der Waals surface area contributed by atoms with Crippen LogP contribution in [0.1, 0.15) is 31.9 Å². The maximum atomic E-state index is 4.78. The van der Waals surface area contributed by atoms with Crippen LogP contribution in [-0.4, -0.2) is 18.0 Å². The molecule has 1 aliphatic rings. The molecular formula is C30H28N2SSi. The van der Waals surface area contributed by atoms with E-state index < -0.39 is 8.07 Å². The maximum Gasteiger partial charge on any atom is 0.116 e. The standard InChI is InChI=1S/C30H28N2SSi/c1-30(2,3)24-16-22(14-19-8-6-7-9-23(19)24)28-29-25(31-18-32-28)17-26(33-29)20-10-11-27-21(15-20)12-13-34(27,4)5/h6-18H,1-5H3. The van der Waals surface area contributed by atoms with E-state index in [1.54, 1.807) is 17.7 Å². The van der Waals surface area contributed by atoms with Crippen molar-refractivity contribution in [3.8, 4) is 21.7 Å². The first-order valence-electron chi connectivity index (χ1n) is 11.8. The molecule has 2 aromatic heterocycles. The molecule has 2 nitrogen and oxygen atoms in total. The largest absolute Gasteiger partial charge is 0.235 e. The van der Waals surface area contributed by atoms with E-state index in [2.05, 4.69) is 111 Å². The monoisotopic (exact) mass is 476 g/mol. The molecule has 1 aliphatic heterocycles. The molecule has 5 aromatic rings. The summed E-state index contributed by atoms with van der Waals surface area (Å²) in [6.07, 6.45) is 4.02. The van der Waals surface area contributed by atoms with Gasteiger partial charge in [0.05, 0.1) is 15.9 Å². The quantitative estimate of drug-likeness (QED) is 0.242. The summed E-state index contributed by atoms with van der Waals surface area (Å²) in [5.41, 5.74) is 9.66. The highest BCUT2D eigenvalue weighted by Crippen LogP contribution is 2.40. The highest BCUT2D eigenvalue weighted by Gasteiger charge is 2.27. The van der Waals surface area contributed by atoms with Crippen LogP contribution in [0.5, 0.6) is 0 Å². The van der Waals surface area contributed by atoms with Crippen molar-refractivity contribution in [1.29, 1.82) is 0 Å². The summed E-state index contributed by atoms with van der Waals surface area (Å²) in [7, 11) is -1.41. The molecule has 0 fully saturated rings. The molecule has 0 N–H and O–H groups in total. The molecule has 3 heterocycles. The lowest BCUT2D eigenvalue weighted by molar-refractivity contribution is 0.596. The minimum Gasteiger partial charge on any atom is -0.235 e. The summed E-state index contributed by atoms with van der Waals surface area (Å²) in [5.74, 6) is 0. The van der Waals surface area contributed by atoms with Crippen molar-refractivity contribution in [2.45, 2.75) is 39.3 Å². The van der Waals surface area contributed by atoms with Crippen molar-refractivity contribution in [2.75, 3.05) is 0 Å². The molecule has 34 heavy (non-hydrogen) atoms. The van der Waals surface area contributed by atoms with Gasteiger partial charge in [-0.1, -0.05) is 82.0 Å². The van der Waals surface area contributed by atoms with E-state index in [9.17, 15) is 0 Å². The Morgan fingerprint density at radius 1 is 0.853 bits per heavy atom. The van der Waals surface area contributed by atoms with Crippen molar-refractivity contribution < 1.29 is 0 Å². The van der Waals surface area contributed by atoms with Gasteiger partial charge in [0.1, 0.15) is 14.4 Å². The first-order chi connectivity index (χ1) is 16.2. The normalized spacial score (nSPS) is 14.7. The first kappa shape index (κ1) is 21.5. The van der Waals surface area contributed by atoms with Crippen molar-refractivity contribution >= 4 is 51.7 Å². The van der Waals surface area contributed by atoms with Gasteiger partial charge in [-0.2, -0.15) is 0 Å². The molecule has 168 valence electrons. The van der Waals surface area contributed by atoms with Gasteiger partial charge in [-0.25, -0.2) is 9.97 Å². The van der Waals surface area contributed by atoms with Gasteiger partial charge >= 0.3 is 0 Å². The second-order valence-electron chi connectivity index (χ2n) is 10.9. The van der Waals surface area contributed by atoms with E-state index in [4.69, 9.17) is 4.98 Å². The summed E-state index contributed by atoms with van der Waals surface area (Å²) < 4.78 is 1.15. The van der Waals surface area contributed by atoms with Crippen LogP contribution < -0.4 is 5.19 Å². The third-order valence-electron chi connectivity index (χ3n) is 6.96. The number of fused-ring (bicyclic) bond motifs is 3. The van der Waals surface area contributed by atoms with Crippen LogP contribution in [0.3, 0.4) is 0 Å². The second-order valence-corrected chi connectivity index (χ2v) is 16.3. The smallest absolute Gasteiger partial charge is 0.116 e. The third kappa shape index (κ3) is 3.44. The zero-order valence-corrected chi connectivity index (χ0v) is 22.1. The topological polar surface area (TPSA) is 25.8 Å². The Bertz CT molecular complexity index is 1620. The van der Waals surface area contributed by atoms with Crippen LogP contribution in [0.25, 0.3) is 48.8 Å². The lowest BCUT2D eigenvalue weighted by Gasteiger charge is -2.22. The number of hydrogen-bond acceptors (Lipinski definition) is 3. The Morgan fingerprint density at radius 3 is 2.50 bits per heavy atom. The Kier molecular flexibility index (Phi) is 4.71. The number of aromatic nitrogens is 2. The van der Waals surface area contributed by atoms with Crippen LogP contribution in [0, 0.1) is 0 Å². The summed E-state index contributed by atoms with van der Waals surface area (Å²) in [4.78, 5) is 10.7. The van der Waals surface area contributed by atoms with Crippen LogP contribution in [0.15, 0.2) is 72.7 Å². The fourth-order valence-corrected chi connectivity index (χ4v) is 8.41. The van der Waals surface area contributed by atoms with E-state index in [0.717, 1.165) is 21.5 Å². The molecule has 0 saturated carbocycles. The fourth-order valence-electron chi connectivity index (χ4n) is 5.10. The van der Waals surface area contributed by atoms with Crippen molar-refractivity contribution in [2.24, 2.45) is 0 Å². The zero-order valence-electron chi connectivity index (χ0n) is 20.3. The number of thiophene rings is 1. The zero-order chi connectivity index (χ0) is 23.7. The molecule has 0 radical (unpaired) electrons. The lowest BCUT2D eigenvalue weighted by atomic mass is 9.82. The van der Waals surface area contributed by atoms with Gasteiger partial charge in [0.25, 0.3) is 0 Å². The predicted molar refractivity (Wildman–Crippen MR) is 151 cm³/mol. The van der Waals surface area contributed by atoms with E-state index >= 15 is 0 Å². The van der Waals surface area contributed by atoms with Gasteiger partial charge < -0.3 is 0 Å². The van der Waals surface area contributed by atoms with E-state index in [1.807, 2.05) is 0 Å². The molecule has 3 aromatic carbocycles. The van der Waals surface area contributed by atoms with E-state index in [-0.39, 0.29) is 5.41 Å². The molecule has 0 saturated heterocycles. The lowest BCUT2D eigenvalue weighted by Crippen LogP contribution is -2.37. The SMILES string of the molecule is CC(C)(C)c1cc(-c2ncnc3cc(-c4ccc5c(c4)C=C[Si]5(C)C)sc23)cc2ccccc12. The maximum absolute atomic E-state index is 4.78. The molecule has 0 bridgehead atoms. The summed E-state index contributed by atoms with van der Waals surface area (Å²) >= 11 is 1.80.